The Morgan fingerprint density at radius 1 is 0.815 bits per heavy atom. The predicted octanol–water partition coefficient (Wildman–Crippen LogP) is 6.79. The van der Waals surface area contributed by atoms with Crippen molar-refractivity contribution in [2.75, 3.05) is 5.32 Å². The van der Waals surface area contributed by atoms with Crippen LogP contribution in [0.1, 0.15) is 0 Å². The highest BCUT2D eigenvalue weighted by Gasteiger charge is 2.26. The molecule has 3 nitrogen and oxygen atoms in total. The van der Waals surface area contributed by atoms with E-state index in [9.17, 15) is 0 Å². The molecule has 7 heteroatoms. The van der Waals surface area contributed by atoms with Crippen LogP contribution in [0.15, 0.2) is 72.8 Å². The van der Waals surface area contributed by atoms with Crippen molar-refractivity contribution in [1.29, 1.82) is 0 Å². The van der Waals surface area contributed by atoms with Crippen molar-refractivity contribution in [3.63, 3.8) is 0 Å². The third-order valence-corrected chi connectivity index (χ3v) is 5.60. The van der Waals surface area contributed by atoms with E-state index in [4.69, 9.17) is 39.9 Å². The molecule has 134 valence electrons. The molecule has 1 N–H and O–H groups in total. The number of benzene rings is 3. The lowest BCUT2D eigenvalue weighted by Gasteiger charge is -1.99. The van der Waals surface area contributed by atoms with E-state index in [1.54, 1.807) is 6.07 Å². The largest absolute Gasteiger partial charge is 0.327 e. The standard InChI is InChI=1S/C20H13Cl3N3S/c21-13-6-9-15(10-7-13)24-20-25-26(16-4-2-1-3-5-16)19(27-20)17-11-8-14(22)12-18(17)23/h1-12H,(H,24,25)/q+1. The van der Waals surface area contributed by atoms with Crippen molar-refractivity contribution in [2.24, 2.45) is 0 Å². The molecule has 0 aliphatic heterocycles. The SMILES string of the molecule is Clc1ccc(Nc2n[n+](-c3ccccc3)c(-c3ccc(Cl)cc3Cl)s2)cc1. The van der Waals surface area contributed by atoms with Gasteiger partial charge in [0.2, 0.25) is 5.69 Å². The van der Waals surface area contributed by atoms with E-state index in [0.29, 0.717) is 15.1 Å². The highest BCUT2D eigenvalue weighted by atomic mass is 35.5. The summed E-state index contributed by atoms with van der Waals surface area (Å²) in [7, 11) is 0. The Morgan fingerprint density at radius 3 is 2.22 bits per heavy atom. The van der Waals surface area contributed by atoms with Crippen LogP contribution in [0.4, 0.5) is 10.8 Å². The van der Waals surface area contributed by atoms with E-state index < -0.39 is 0 Å². The summed E-state index contributed by atoms with van der Waals surface area (Å²) in [6, 6.07) is 22.9. The minimum Gasteiger partial charge on any atom is -0.327 e. The second-order valence-corrected chi connectivity index (χ2v) is 7.97. The maximum Gasteiger partial charge on any atom is 0.306 e. The molecule has 27 heavy (non-hydrogen) atoms. The summed E-state index contributed by atoms with van der Waals surface area (Å²) in [6.45, 7) is 0. The Labute approximate surface area is 175 Å². The molecule has 0 aliphatic rings. The number of anilines is 2. The van der Waals surface area contributed by atoms with Gasteiger partial charge in [-0.3, -0.25) is 0 Å². The molecule has 0 spiro atoms. The first kappa shape index (κ1) is 18.3. The van der Waals surface area contributed by atoms with Crippen molar-refractivity contribution >= 4 is 57.0 Å². The van der Waals surface area contributed by atoms with Gasteiger partial charge in [0.15, 0.2) is 0 Å². The van der Waals surface area contributed by atoms with Crippen LogP contribution in [0.5, 0.6) is 0 Å². The molecule has 0 saturated carbocycles. The lowest BCUT2D eigenvalue weighted by atomic mass is 10.2. The normalized spacial score (nSPS) is 10.8. The molecule has 0 atom stereocenters. The van der Waals surface area contributed by atoms with Gasteiger partial charge in [-0.1, -0.05) is 53.0 Å². The van der Waals surface area contributed by atoms with Crippen molar-refractivity contribution < 1.29 is 4.68 Å². The van der Waals surface area contributed by atoms with Gasteiger partial charge in [0.1, 0.15) is 0 Å². The first-order valence-electron chi connectivity index (χ1n) is 8.07. The average molecular weight is 434 g/mol. The number of rotatable bonds is 4. The van der Waals surface area contributed by atoms with E-state index in [1.807, 2.05) is 71.4 Å². The molecule has 0 fully saturated rings. The van der Waals surface area contributed by atoms with Gasteiger partial charge in [-0.2, -0.15) is 0 Å². The number of hydrogen-bond donors (Lipinski definition) is 1. The van der Waals surface area contributed by atoms with Crippen LogP contribution in [0.3, 0.4) is 0 Å². The van der Waals surface area contributed by atoms with Gasteiger partial charge in [0.25, 0.3) is 5.13 Å². The lowest BCUT2D eigenvalue weighted by Crippen LogP contribution is -2.34. The number of hydrogen-bond acceptors (Lipinski definition) is 3. The van der Waals surface area contributed by atoms with Gasteiger partial charge >= 0.3 is 5.01 Å². The highest BCUT2D eigenvalue weighted by molar-refractivity contribution is 7.18. The van der Waals surface area contributed by atoms with E-state index >= 15 is 0 Å². The first-order valence-corrected chi connectivity index (χ1v) is 10.0. The highest BCUT2D eigenvalue weighted by Crippen LogP contribution is 2.34. The Hall–Kier alpha value is -2.11. The third kappa shape index (κ3) is 4.09. The van der Waals surface area contributed by atoms with Crippen molar-refractivity contribution in [3.05, 3.63) is 87.9 Å². The van der Waals surface area contributed by atoms with E-state index in [0.717, 1.165) is 27.1 Å². The fourth-order valence-electron chi connectivity index (χ4n) is 2.57. The maximum absolute atomic E-state index is 6.46. The Balaban J connectivity index is 1.81. The summed E-state index contributed by atoms with van der Waals surface area (Å²) in [5.41, 5.74) is 2.72. The van der Waals surface area contributed by atoms with Gasteiger partial charge in [0.05, 0.1) is 10.6 Å². The predicted molar refractivity (Wildman–Crippen MR) is 114 cm³/mol. The van der Waals surface area contributed by atoms with Crippen molar-refractivity contribution in [3.8, 4) is 16.3 Å². The summed E-state index contributed by atoms with van der Waals surface area (Å²) in [6.07, 6.45) is 0. The van der Waals surface area contributed by atoms with Crippen molar-refractivity contribution in [1.82, 2.24) is 5.10 Å². The van der Waals surface area contributed by atoms with E-state index in [-0.39, 0.29) is 0 Å². The molecule has 1 aromatic heterocycles. The third-order valence-electron chi connectivity index (χ3n) is 3.83. The second-order valence-electron chi connectivity index (χ2n) is 5.72. The van der Waals surface area contributed by atoms with Crippen molar-refractivity contribution in [2.45, 2.75) is 0 Å². The molecular formula is C20H13Cl3N3S+. The van der Waals surface area contributed by atoms with Gasteiger partial charge < -0.3 is 5.32 Å². The van der Waals surface area contributed by atoms with E-state index in [2.05, 4.69) is 5.32 Å². The number of nitrogens with one attached hydrogen (secondary N) is 1. The monoisotopic (exact) mass is 432 g/mol. The summed E-state index contributed by atoms with van der Waals surface area (Å²) in [4.78, 5) is 0. The number of halogens is 3. The fraction of sp³-hybridized carbons (Fsp3) is 0. The Morgan fingerprint density at radius 2 is 1.52 bits per heavy atom. The fourth-order valence-corrected chi connectivity index (χ4v) is 4.25. The zero-order valence-corrected chi connectivity index (χ0v) is 16.9. The smallest absolute Gasteiger partial charge is 0.306 e. The molecule has 0 aliphatic carbocycles. The molecule has 4 aromatic rings. The summed E-state index contributed by atoms with van der Waals surface area (Å²) in [5.74, 6) is 0. The number of para-hydroxylation sites is 1. The zero-order chi connectivity index (χ0) is 18.8. The Bertz CT molecular complexity index is 1080. The molecule has 4 rings (SSSR count). The number of nitrogens with zero attached hydrogens (tertiary/aromatic N) is 2. The van der Waals surface area contributed by atoms with Crippen LogP contribution in [0.25, 0.3) is 16.3 Å². The molecule has 0 unspecified atom stereocenters. The molecule has 0 bridgehead atoms. The molecule has 0 amide bonds. The Kier molecular flexibility index (Phi) is 5.32. The van der Waals surface area contributed by atoms with Crippen LogP contribution in [0, 0.1) is 0 Å². The minimum atomic E-state index is 0.578. The molecule has 0 radical (unpaired) electrons. The molecule has 0 saturated heterocycles. The van der Waals surface area contributed by atoms with Crippen LogP contribution in [-0.4, -0.2) is 5.10 Å². The second kappa shape index (κ2) is 7.87. The van der Waals surface area contributed by atoms with Gasteiger partial charge in [-0.25, -0.2) is 0 Å². The quantitative estimate of drug-likeness (QED) is 0.359. The van der Waals surface area contributed by atoms with Gasteiger partial charge in [-0.05, 0) is 58.5 Å². The number of aromatic nitrogens is 2. The van der Waals surface area contributed by atoms with E-state index in [1.165, 1.54) is 11.3 Å². The molecular weight excluding hydrogens is 421 g/mol. The van der Waals surface area contributed by atoms with Crippen LogP contribution < -0.4 is 10.00 Å². The molecule has 3 aromatic carbocycles. The summed E-state index contributed by atoms with van der Waals surface area (Å²) >= 11 is 20.0. The summed E-state index contributed by atoms with van der Waals surface area (Å²) in [5, 5.41) is 11.6. The molecule has 1 heterocycles. The summed E-state index contributed by atoms with van der Waals surface area (Å²) < 4.78 is 1.87. The average Bonchev–Trinajstić information content (AvgIpc) is 3.08. The maximum atomic E-state index is 6.46. The van der Waals surface area contributed by atoms with Gasteiger partial charge in [-0.15, -0.1) is 0 Å². The van der Waals surface area contributed by atoms with Crippen LogP contribution >= 0.6 is 46.1 Å². The van der Waals surface area contributed by atoms with Gasteiger partial charge in [0, 0.05) is 33.0 Å². The lowest BCUT2D eigenvalue weighted by molar-refractivity contribution is -0.642. The first-order chi connectivity index (χ1) is 13.1. The van der Waals surface area contributed by atoms with Crippen LogP contribution in [-0.2, 0) is 0 Å². The minimum absolute atomic E-state index is 0.578. The zero-order valence-electron chi connectivity index (χ0n) is 13.9. The van der Waals surface area contributed by atoms with Crippen LogP contribution in [0.2, 0.25) is 15.1 Å². The topological polar surface area (TPSA) is 28.8 Å².